The van der Waals surface area contributed by atoms with Crippen LogP contribution in [0.4, 0.5) is 0 Å². The minimum Gasteiger partial charge on any atom is -0.486 e. The molecule has 156 valence electrons. The van der Waals surface area contributed by atoms with Crippen molar-refractivity contribution in [3.05, 3.63) is 72.4 Å². The number of nitrogens with zero attached hydrogens (tertiary/aromatic N) is 1. The summed E-state index contributed by atoms with van der Waals surface area (Å²) in [6, 6.07) is 20.9. The lowest BCUT2D eigenvalue weighted by Crippen LogP contribution is -2.15. The van der Waals surface area contributed by atoms with Gasteiger partial charge >= 0.3 is 5.97 Å². The van der Waals surface area contributed by atoms with Crippen LogP contribution in [-0.4, -0.2) is 30.9 Å². The van der Waals surface area contributed by atoms with Crippen molar-refractivity contribution in [2.45, 2.75) is 6.61 Å². The number of fused-ring (bicyclic) bond motifs is 2. The number of esters is 1. The van der Waals surface area contributed by atoms with Crippen LogP contribution < -0.4 is 14.2 Å². The van der Waals surface area contributed by atoms with E-state index in [1.807, 2.05) is 60.7 Å². The number of aromatic nitrogens is 1. The molecule has 0 spiro atoms. The molecule has 0 saturated heterocycles. The first-order valence-corrected chi connectivity index (χ1v) is 9.87. The number of carbonyl (C=O) groups excluding carboxylic acids is 1. The van der Waals surface area contributed by atoms with E-state index in [9.17, 15) is 4.79 Å². The summed E-state index contributed by atoms with van der Waals surface area (Å²) in [5.41, 5.74) is 1.30. The van der Waals surface area contributed by atoms with Crippen molar-refractivity contribution in [1.82, 2.24) is 5.16 Å². The van der Waals surface area contributed by atoms with Gasteiger partial charge in [-0.3, -0.25) is 0 Å². The minimum atomic E-state index is -0.489. The molecule has 1 aliphatic heterocycles. The Morgan fingerprint density at radius 1 is 0.903 bits per heavy atom. The number of ether oxygens (including phenoxy) is 4. The Labute approximate surface area is 178 Å². The second kappa shape index (κ2) is 8.39. The monoisotopic (exact) mass is 417 g/mol. The summed E-state index contributed by atoms with van der Waals surface area (Å²) in [4.78, 5) is 12.1. The maximum Gasteiger partial charge on any atom is 0.344 e. The van der Waals surface area contributed by atoms with Gasteiger partial charge in [0.2, 0.25) is 0 Å². The van der Waals surface area contributed by atoms with Gasteiger partial charge < -0.3 is 23.5 Å². The number of benzene rings is 3. The van der Waals surface area contributed by atoms with Gasteiger partial charge in [0.25, 0.3) is 0 Å². The molecule has 0 aliphatic carbocycles. The highest BCUT2D eigenvalue weighted by atomic mass is 16.6. The zero-order chi connectivity index (χ0) is 21.0. The Hall–Kier alpha value is -4.00. The predicted octanol–water partition coefficient (Wildman–Crippen LogP) is 4.39. The molecule has 0 amide bonds. The Bertz CT molecular complexity index is 1230. The molecule has 0 bridgehead atoms. The molecule has 7 heteroatoms. The van der Waals surface area contributed by atoms with Gasteiger partial charge in [-0.25, -0.2) is 4.79 Å². The summed E-state index contributed by atoms with van der Waals surface area (Å²) < 4.78 is 27.3. The quantitative estimate of drug-likeness (QED) is 0.431. The lowest BCUT2D eigenvalue weighted by molar-refractivity contribution is -0.147. The molecule has 0 radical (unpaired) electrons. The van der Waals surface area contributed by atoms with Crippen molar-refractivity contribution in [1.29, 1.82) is 0 Å². The van der Waals surface area contributed by atoms with E-state index in [2.05, 4.69) is 5.16 Å². The normalized spacial score (nSPS) is 12.5. The fourth-order valence-electron chi connectivity index (χ4n) is 3.31. The van der Waals surface area contributed by atoms with Gasteiger partial charge in [-0.1, -0.05) is 35.5 Å². The van der Waals surface area contributed by atoms with Crippen LogP contribution in [0, 0.1) is 0 Å². The number of carbonyl (C=O) groups is 1. The van der Waals surface area contributed by atoms with Crippen molar-refractivity contribution in [2.75, 3.05) is 19.8 Å². The smallest absolute Gasteiger partial charge is 0.344 e. The molecule has 5 rings (SSSR count). The van der Waals surface area contributed by atoms with Gasteiger partial charge in [-0.15, -0.1) is 0 Å². The van der Waals surface area contributed by atoms with Gasteiger partial charge in [0.05, 0.1) is 0 Å². The summed E-state index contributed by atoms with van der Waals surface area (Å²) in [6.07, 6.45) is 0. The van der Waals surface area contributed by atoms with Crippen LogP contribution in [0.3, 0.4) is 0 Å². The van der Waals surface area contributed by atoms with Crippen molar-refractivity contribution in [3.63, 3.8) is 0 Å². The lowest BCUT2D eigenvalue weighted by Gasteiger charge is -2.18. The third kappa shape index (κ3) is 4.30. The molecule has 0 saturated carbocycles. The van der Waals surface area contributed by atoms with E-state index in [-0.39, 0.29) is 13.2 Å². The van der Waals surface area contributed by atoms with E-state index >= 15 is 0 Å². The average molecular weight is 417 g/mol. The van der Waals surface area contributed by atoms with Gasteiger partial charge in [0.1, 0.15) is 31.3 Å². The third-order valence-corrected chi connectivity index (χ3v) is 4.84. The summed E-state index contributed by atoms with van der Waals surface area (Å²) >= 11 is 0. The zero-order valence-electron chi connectivity index (χ0n) is 16.6. The highest BCUT2D eigenvalue weighted by Crippen LogP contribution is 2.34. The van der Waals surface area contributed by atoms with Crippen LogP contribution in [0.2, 0.25) is 0 Å². The number of rotatable bonds is 6. The third-order valence-electron chi connectivity index (χ3n) is 4.84. The van der Waals surface area contributed by atoms with E-state index in [1.165, 1.54) is 0 Å². The van der Waals surface area contributed by atoms with Gasteiger partial charge in [0.15, 0.2) is 23.9 Å². The second-order valence-corrected chi connectivity index (χ2v) is 7.00. The fraction of sp³-hybridized carbons (Fsp3) is 0.167. The molecule has 1 aliphatic rings. The molecule has 2 heterocycles. The summed E-state index contributed by atoms with van der Waals surface area (Å²) in [5.74, 6) is 2.04. The molecule has 3 aromatic carbocycles. The molecule has 7 nitrogen and oxygen atoms in total. The maximum atomic E-state index is 12.1. The first kappa shape index (κ1) is 19.0. The lowest BCUT2D eigenvalue weighted by atomic mass is 10.1. The molecule has 31 heavy (non-hydrogen) atoms. The molecule has 1 aromatic heterocycles. The van der Waals surface area contributed by atoms with E-state index in [4.69, 9.17) is 23.5 Å². The molecular formula is C24H19NO6. The molecule has 0 fully saturated rings. The second-order valence-electron chi connectivity index (χ2n) is 7.00. The zero-order valence-corrected chi connectivity index (χ0v) is 16.6. The van der Waals surface area contributed by atoms with Crippen molar-refractivity contribution < 1.29 is 28.3 Å². The van der Waals surface area contributed by atoms with Gasteiger partial charge in [-0.05, 0) is 41.1 Å². The van der Waals surface area contributed by atoms with Crippen LogP contribution >= 0.6 is 0 Å². The summed E-state index contributed by atoms with van der Waals surface area (Å²) in [6.45, 7) is 0.850. The summed E-state index contributed by atoms with van der Waals surface area (Å²) in [7, 11) is 0. The maximum absolute atomic E-state index is 12.1. The predicted molar refractivity (Wildman–Crippen MR) is 112 cm³/mol. The van der Waals surface area contributed by atoms with Crippen molar-refractivity contribution >= 4 is 16.7 Å². The van der Waals surface area contributed by atoms with Crippen LogP contribution in [0.5, 0.6) is 17.2 Å². The van der Waals surface area contributed by atoms with Gasteiger partial charge in [-0.2, -0.15) is 0 Å². The molecule has 0 unspecified atom stereocenters. The Morgan fingerprint density at radius 3 is 2.65 bits per heavy atom. The van der Waals surface area contributed by atoms with Crippen LogP contribution in [-0.2, 0) is 16.1 Å². The Kier molecular flexibility index (Phi) is 5.14. The SMILES string of the molecule is O=C(COc1ccc2ccccc2c1)OCc1cc(-c2ccc3c(c2)OCCO3)on1. The Balaban J connectivity index is 1.16. The highest BCUT2D eigenvalue weighted by Gasteiger charge is 2.15. The van der Waals surface area contributed by atoms with Gasteiger partial charge in [0, 0.05) is 11.6 Å². The molecule has 0 atom stereocenters. The number of hydrogen-bond acceptors (Lipinski definition) is 7. The van der Waals surface area contributed by atoms with Crippen molar-refractivity contribution in [2.24, 2.45) is 0 Å². The van der Waals surface area contributed by atoms with E-state index < -0.39 is 5.97 Å². The minimum absolute atomic E-state index is 0.00599. The van der Waals surface area contributed by atoms with E-state index in [0.717, 1.165) is 16.3 Å². The average Bonchev–Trinajstić information content (AvgIpc) is 3.30. The van der Waals surface area contributed by atoms with E-state index in [1.54, 1.807) is 6.07 Å². The van der Waals surface area contributed by atoms with Crippen LogP contribution in [0.15, 0.2) is 71.3 Å². The first-order chi connectivity index (χ1) is 15.2. The largest absolute Gasteiger partial charge is 0.486 e. The van der Waals surface area contributed by atoms with Crippen LogP contribution in [0.1, 0.15) is 5.69 Å². The molecular weight excluding hydrogens is 398 g/mol. The molecule has 0 N–H and O–H groups in total. The molecule has 4 aromatic rings. The number of hydrogen-bond donors (Lipinski definition) is 0. The van der Waals surface area contributed by atoms with Crippen LogP contribution in [0.25, 0.3) is 22.1 Å². The summed E-state index contributed by atoms with van der Waals surface area (Å²) in [5, 5.41) is 6.12. The highest BCUT2D eigenvalue weighted by molar-refractivity contribution is 5.83. The standard InChI is InChI=1S/C24H19NO6/c26-24(15-29-20-7-5-16-3-1-2-4-17(16)11-20)30-14-19-13-22(31-25-19)18-6-8-21-23(12-18)28-10-9-27-21/h1-8,11-13H,9-10,14-15H2. The topological polar surface area (TPSA) is 80.0 Å². The first-order valence-electron chi connectivity index (χ1n) is 9.87. The van der Waals surface area contributed by atoms with E-state index in [0.29, 0.717) is 41.9 Å². The fourth-order valence-corrected chi connectivity index (χ4v) is 3.31. The Morgan fingerprint density at radius 2 is 1.74 bits per heavy atom. The van der Waals surface area contributed by atoms with Crippen molar-refractivity contribution in [3.8, 4) is 28.6 Å².